The Balaban J connectivity index is 1.28. The summed E-state index contributed by atoms with van der Waals surface area (Å²) in [5.74, 6) is 0.869. The van der Waals surface area contributed by atoms with Crippen molar-refractivity contribution in [2.24, 2.45) is 0 Å². The number of likely N-dealkylation sites (N-methyl/N-ethyl adjacent to an activating group) is 1. The summed E-state index contributed by atoms with van der Waals surface area (Å²) in [7, 11) is 1.86. The minimum atomic E-state index is -0.229. The lowest BCUT2D eigenvalue weighted by atomic mass is 10.0. The highest BCUT2D eigenvalue weighted by Gasteiger charge is 2.39. The Labute approximate surface area is 241 Å². The fraction of sp³-hybridized carbons (Fsp3) is 0.500. The molecule has 2 aromatic carbocycles. The van der Waals surface area contributed by atoms with E-state index in [1.807, 2.05) is 43.1 Å². The predicted molar refractivity (Wildman–Crippen MR) is 160 cm³/mol. The molecule has 9 heteroatoms. The third-order valence-corrected chi connectivity index (χ3v) is 9.44. The average Bonchev–Trinajstić information content (AvgIpc) is 3.52. The summed E-state index contributed by atoms with van der Waals surface area (Å²) in [5, 5.41) is 4.80. The van der Waals surface area contributed by atoms with E-state index >= 15 is 0 Å². The van der Waals surface area contributed by atoms with Crippen molar-refractivity contribution in [1.29, 1.82) is 0 Å². The quantitative estimate of drug-likeness (QED) is 0.470. The van der Waals surface area contributed by atoms with Gasteiger partial charge in [0.05, 0.1) is 17.1 Å². The van der Waals surface area contributed by atoms with E-state index in [4.69, 9.17) is 10.1 Å². The number of carbonyl (C=O) groups is 2. The van der Waals surface area contributed by atoms with Crippen LogP contribution >= 0.6 is 0 Å². The molecule has 0 bridgehead atoms. The van der Waals surface area contributed by atoms with Gasteiger partial charge in [-0.3, -0.25) is 14.5 Å². The molecule has 7 rings (SSSR count). The molecule has 1 saturated heterocycles. The number of benzene rings is 2. The van der Waals surface area contributed by atoms with Crippen LogP contribution in [0.15, 0.2) is 42.5 Å². The van der Waals surface area contributed by atoms with Crippen molar-refractivity contribution >= 4 is 23.2 Å². The summed E-state index contributed by atoms with van der Waals surface area (Å²) in [6.45, 7) is 7.31. The molecular weight excluding hydrogens is 514 g/mol. The maximum atomic E-state index is 13.7. The Morgan fingerprint density at radius 1 is 0.878 bits per heavy atom. The van der Waals surface area contributed by atoms with Gasteiger partial charge in [-0.2, -0.15) is 0 Å². The normalized spacial score (nSPS) is 22.0. The number of rotatable bonds is 5. The van der Waals surface area contributed by atoms with E-state index in [2.05, 4.69) is 34.9 Å². The molecule has 9 nitrogen and oxygen atoms in total. The van der Waals surface area contributed by atoms with Crippen LogP contribution in [0.5, 0.6) is 0 Å². The summed E-state index contributed by atoms with van der Waals surface area (Å²) < 4.78 is 1.80. The van der Waals surface area contributed by atoms with Gasteiger partial charge in [-0.25, -0.2) is 9.67 Å². The van der Waals surface area contributed by atoms with Crippen LogP contribution in [0.25, 0.3) is 17.1 Å². The molecule has 214 valence electrons. The van der Waals surface area contributed by atoms with Gasteiger partial charge in [0, 0.05) is 50.9 Å². The van der Waals surface area contributed by atoms with Gasteiger partial charge in [-0.05, 0) is 69.9 Å². The molecule has 1 atom stereocenters. The number of fused-ring (bicyclic) bond motifs is 1. The topological polar surface area (TPSA) is 77.8 Å². The predicted octanol–water partition coefficient (Wildman–Crippen LogP) is 4.28. The van der Waals surface area contributed by atoms with E-state index in [0.717, 1.165) is 54.1 Å². The highest BCUT2D eigenvalue weighted by Crippen LogP contribution is 2.42. The Hall–Kier alpha value is -3.72. The van der Waals surface area contributed by atoms with Crippen LogP contribution in [0, 0.1) is 6.92 Å². The lowest BCUT2D eigenvalue weighted by molar-refractivity contribution is -0.119. The standard InChI is InChI=1S/C32H39N7O2/c1-21-8-11-26(12-9-21)39-30(33-29(34-39)32(41)37-18-16-36(17-19-37)24-13-14-24)23-10-15-27-28(20-23)38(25-6-4-5-7-25)22(2)31(40)35(27)3/h8-12,15,20,22,24-25H,4-7,13-14,16-19H2,1-3H3/t22-/m1/s1. The molecule has 2 amide bonds. The van der Waals surface area contributed by atoms with Crippen LogP contribution in [-0.2, 0) is 4.79 Å². The van der Waals surface area contributed by atoms with Crippen molar-refractivity contribution in [3.05, 3.63) is 53.9 Å². The molecule has 2 aliphatic heterocycles. The van der Waals surface area contributed by atoms with Gasteiger partial charge in [0.2, 0.25) is 11.7 Å². The van der Waals surface area contributed by atoms with Crippen molar-refractivity contribution in [3.8, 4) is 17.1 Å². The van der Waals surface area contributed by atoms with Gasteiger partial charge in [0.15, 0.2) is 5.82 Å². The number of anilines is 2. The first-order valence-electron chi connectivity index (χ1n) is 15.2. The Kier molecular flexibility index (Phi) is 6.57. The van der Waals surface area contributed by atoms with E-state index < -0.39 is 0 Å². The molecule has 3 aromatic rings. The number of nitrogens with zero attached hydrogens (tertiary/aromatic N) is 7. The van der Waals surface area contributed by atoms with Crippen LogP contribution in [0.3, 0.4) is 0 Å². The number of carbonyl (C=O) groups excluding carboxylic acids is 2. The second kappa shape index (κ2) is 10.3. The van der Waals surface area contributed by atoms with Crippen LogP contribution in [-0.4, -0.2) is 87.7 Å². The van der Waals surface area contributed by atoms with Gasteiger partial charge in [0.1, 0.15) is 6.04 Å². The molecule has 2 saturated carbocycles. The van der Waals surface area contributed by atoms with Crippen molar-refractivity contribution in [3.63, 3.8) is 0 Å². The van der Waals surface area contributed by atoms with E-state index in [1.165, 1.54) is 25.7 Å². The zero-order chi connectivity index (χ0) is 28.2. The minimum absolute atomic E-state index is 0.114. The third kappa shape index (κ3) is 4.70. The molecule has 0 radical (unpaired) electrons. The molecule has 1 aromatic heterocycles. The molecule has 2 aliphatic carbocycles. The zero-order valence-corrected chi connectivity index (χ0v) is 24.3. The van der Waals surface area contributed by atoms with Gasteiger partial charge >= 0.3 is 0 Å². The summed E-state index contributed by atoms with van der Waals surface area (Å²) >= 11 is 0. The maximum Gasteiger partial charge on any atom is 0.293 e. The monoisotopic (exact) mass is 553 g/mol. The van der Waals surface area contributed by atoms with Gasteiger partial charge < -0.3 is 14.7 Å². The lowest BCUT2D eigenvalue weighted by Crippen LogP contribution is -2.54. The van der Waals surface area contributed by atoms with E-state index in [-0.39, 0.29) is 23.7 Å². The van der Waals surface area contributed by atoms with Crippen molar-refractivity contribution in [2.45, 2.75) is 70.5 Å². The molecule has 3 fully saturated rings. The van der Waals surface area contributed by atoms with Crippen LogP contribution < -0.4 is 9.80 Å². The van der Waals surface area contributed by atoms with Crippen LogP contribution in [0.2, 0.25) is 0 Å². The third-order valence-electron chi connectivity index (χ3n) is 9.44. The number of aromatic nitrogens is 3. The van der Waals surface area contributed by atoms with Crippen molar-refractivity contribution in [2.75, 3.05) is 43.0 Å². The molecule has 4 aliphatic rings. The zero-order valence-electron chi connectivity index (χ0n) is 24.3. The number of hydrogen-bond acceptors (Lipinski definition) is 6. The van der Waals surface area contributed by atoms with Crippen molar-refractivity contribution in [1.82, 2.24) is 24.6 Å². The van der Waals surface area contributed by atoms with Crippen LogP contribution in [0.4, 0.5) is 11.4 Å². The second-order valence-electron chi connectivity index (χ2n) is 12.2. The second-order valence-corrected chi connectivity index (χ2v) is 12.2. The number of piperazine rings is 1. The average molecular weight is 554 g/mol. The van der Waals surface area contributed by atoms with Crippen LogP contribution in [0.1, 0.15) is 61.6 Å². The van der Waals surface area contributed by atoms with E-state index in [1.54, 1.807) is 9.58 Å². The van der Waals surface area contributed by atoms with E-state index in [0.29, 0.717) is 31.0 Å². The first-order chi connectivity index (χ1) is 19.9. The molecule has 0 unspecified atom stereocenters. The fourth-order valence-corrected chi connectivity index (χ4v) is 6.90. The van der Waals surface area contributed by atoms with Gasteiger partial charge in [-0.15, -0.1) is 5.10 Å². The minimum Gasteiger partial charge on any atom is -0.355 e. The van der Waals surface area contributed by atoms with Gasteiger partial charge in [-0.1, -0.05) is 30.5 Å². The summed E-state index contributed by atoms with van der Waals surface area (Å²) in [6.07, 6.45) is 7.13. The molecule has 3 heterocycles. The SMILES string of the molecule is Cc1ccc(-n2nc(C(=O)N3CCN(C4CC4)CC3)nc2-c2ccc3c(c2)N(C2CCCC2)[C@H](C)C(=O)N3C)cc1. The summed E-state index contributed by atoms with van der Waals surface area (Å²) in [5.41, 5.74) is 4.86. The molecule has 41 heavy (non-hydrogen) atoms. The molecular formula is C32H39N7O2. The number of aryl methyl sites for hydroxylation is 1. The number of amides is 2. The first kappa shape index (κ1) is 26.2. The first-order valence-corrected chi connectivity index (χ1v) is 15.2. The summed E-state index contributed by atoms with van der Waals surface area (Å²) in [4.78, 5) is 40.2. The largest absolute Gasteiger partial charge is 0.355 e. The highest BCUT2D eigenvalue weighted by atomic mass is 16.2. The lowest BCUT2D eigenvalue weighted by Gasteiger charge is -2.43. The van der Waals surface area contributed by atoms with Crippen molar-refractivity contribution < 1.29 is 9.59 Å². The molecule has 0 spiro atoms. The van der Waals surface area contributed by atoms with Gasteiger partial charge in [0.25, 0.3) is 5.91 Å². The maximum absolute atomic E-state index is 13.7. The fourth-order valence-electron chi connectivity index (χ4n) is 6.90. The number of hydrogen-bond donors (Lipinski definition) is 0. The Morgan fingerprint density at radius 3 is 2.27 bits per heavy atom. The highest BCUT2D eigenvalue weighted by molar-refractivity contribution is 6.05. The Bertz CT molecular complexity index is 1460. The molecule has 0 N–H and O–H groups in total. The summed E-state index contributed by atoms with van der Waals surface area (Å²) in [6, 6.07) is 15.1. The van der Waals surface area contributed by atoms with E-state index in [9.17, 15) is 9.59 Å². The Morgan fingerprint density at radius 2 is 1.59 bits per heavy atom. The smallest absolute Gasteiger partial charge is 0.293 e.